The van der Waals surface area contributed by atoms with Crippen molar-refractivity contribution in [1.29, 1.82) is 0 Å². The Balaban J connectivity index is 2.05. The summed E-state index contributed by atoms with van der Waals surface area (Å²) in [4.78, 5) is 4.45. The average Bonchev–Trinajstić information content (AvgIpc) is 2.84. The normalized spacial score (nSPS) is 21.3. The van der Waals surface area contributed by atoms with Crippen LogP contribution in [0.4, 0.5) is 0 Å². The van der Waals surface area contributed by atoms with Crippen molar-refractivity contribution in [2.45, 2.75) is 25.8 Å². The van der Waals surface area contributed by atoms with Crippen molar-refractivity contribution >= 4 is 11.1 Å². The minimum absolute atomic E-state index is 0.388. The molecule has 3 nitrogen and oxygen atoms in total. The smallest absolute Gasteiger partial charge is 0.152 e. The molecule has 2 aromatic heterocycles. The first-order valence-electron chi connectivity index (χ1n) is 5.43. The van der Waals surface area contributed by atoms with Crippen molar-refractivity contribution < 1.29 is 4.42 Å². The Hall–Kier alpha value is -1.35. The second-order valence-corrected chi connectivity index (χ2v) is 4.13. The van der Waals surface area contributed by atoms with Crippen molar-refractivity contribution in [3.05, 3.63) is 29.7 Å². The van der Waals surface area contributed by atoms with E-state index in [1.807, 2.05) is 19.1 Å². The van der Waals surface area contributed by atoms with Crippen LogP contribution in [-0.2, 0) is 0 Å². The first kappa shape index (κ1) is 8.92. The van der Waals surface area contributed by atoms with E-state index in [0.717, 1.165) is 29.1 Å². The number of pyridine rings is 1. The van der Waals surface area contributed by atoms with Crippen LogP contribution in [0.5, 0.6) is 0 Å². The molecule has 78 valence electrons. The van der Waals surface area contributed by atoms with Crippen LogP contribution in [-0.4, -0.2) is 11.5 Å². The van der Waals surface area contributed by atoms with Crippen molar-refractivity contribution in [2.24, 2.45) is 0 Å². The van der Waals surface area contributed by atoms with Gasteiger partial charge in [0.2, 0.25) is 0 Å². The first-order valence-corrected chi connectivity index (χ1v) is 5.43. The number of fused-ring (bicyclic) bond motifs is 1. The molecule has 0 amide bonds. The van der Waals surface area contributed by atoms with Crippen molar-refractivity contribution in [1.82, 2.24) is 10.3 Å². The van der Waals surface area contributed by atoms with E-state index in [2.05, 4.69) is 16.4 Å². The highest BCUT2D eigenvalue weighted by Gasteiger charge is 2.20. The molecule has 0 unspecified atom stereocenters. The van der Waals surface area contributed by atoms with Gasteiger partial charge in [-0.05, 0) is 38.4 Å². The van der Waals surface area contributed by atoms with E-state index in [1.165, 1.54) is 12.8 Å². The lowest BCUT2D eigenvalue weighted by Crippen LogP contribution is -2.11. The molecule has 1 atom stereocenters. The summed E-state index contributed by atoms with van der Waals surface area (Å²) in [6.45, 7) is 3.09. The van der Waals surface area contributed by atoms with E-state index in [-0.39, 0.29) is 0 Å². The van der Waals surface area contributed by atoms with Crippen LogP contribution < -0.4 is 5.32 Å². The highest BCUT2D eigenvalue weighted by atomic mass is 16.3. The average molecular weight is 202 g/mol. The van der Waals surface area contributed by atoms with E-state index in [4.69, 9.17) is 4.42 Å². The summed E-state index contributed by atoms with van der Waals surface area (Å²) in [6, 6.07) is 6.43. The number of nitrogens with zero attached hydrogens (tertiary/aromatic N) is 1. The zero-order valence-electron chi connectivity index (χ0n) is 8.79. The molecule has 0 aliphatic carbocycles. The van der Waals surface area contributed by atoms with Crippen LogP contribution in [0.15, 0.2) is 22.6 Å². The molecule has 1 saturated heterocycles. The molecule has 15 heavy (non-hydrogen) atoms. The van der Waals surface area contributed by atoms with Gasteiger partial charge < -0.3 is 9.73 Å². The highest BCUT2D eigenvalue weighted by molar-refractivity contribution is 5.73. The molecule has 3 heteroatoms. The molecular formula is C12H14N2O. The predicted molar refractivity (Wildman–Crippen MR) is 58.7 cm³/mol. The molecule has 1 aliphatic rings. The minimum atomic E-state index is 0.388. The van der Waals surface area contributed by atoms with E-state index < -0.39 is 0 Å². The molecule has 0 radical (unpaired) electrons. The first-order chi connectivity index (χ1) is 7.33. The molecule has 3 rings (SSSR count). The Kier molecular flexibility index (Phi) is 1.99. The maximum atomic E-state index is 5.78. The predicted octanol–water partition coefficient (Wildman–Crippen LogP) is 2.56. The molecule has 0 aromatic carbocycles. The summed E-state index contributed by atoms with van der Waals surface area (Å²) in [6.07, 6.45) is 2.40. The zero-order chi connectivity index (χ0) is 10.3. The summed E-state index contributed by atoms with van der Waals surface area (Å²) in [5.74, 6) is 1.03. The van der Waals surface area contributed by atoms with Crippen LogP contribution in [0, 0.1) is 6.92 Å². The van der Waals surface area contributed by atoms with Gasteiger partial charge >= 0.3 is 0 Å². The van der Waals surface area contributed by atoms with Crippen molar-refractivity contribution in [3.8, 4) is 0 Å². The molecule has 1 fully saturated rings. The fourth-order valence-corrected chi connectivity index (χ4v) is 2.14. The standard InChI is InChI=1S/C12H14N2O/c1-8-4-5-11-10(14-8)7-12(15-11)9-3-2-6-13-9/h4-5,7,9,13H,2-3,6H2,1H3/t9-/m0/s1. The van der Waals surface area contributed by atoms with E-state index in [1.54, 1.807) is 0 Å². The highest BCUT2D eigenvalue weighted by Crippen LogP contribution is 2.28. The number of hydrogen-bond acceptors (Lipinski definition) is 3. The summed E-state index contributed by atoms with van der Waals surface area (Å²) < 4.78 is 5.78. The van der Waals surface area contributed by atoms with E-state index >= 15 is 0 Å². The molecule has 0 bridgehead atoms. The van der Waals surface area contributed by atoms with Gasteiger partial charge in [0.1, 0.15) is 11.3 Å². The third kappa shape index (κ3) is 1.53. The second kappa shape index (κ2) is 3.35. The van der Waals surface area contributed by atoms with Crippen LogP contribution in [0.25, 0.3) is 11.1 Å². The van der Waals surface area contributed by atoms with Crippen LogP contribution in [0.2, 0.25) is 0 Å². The Morgan fingerprint density at radius 1 is 1.47 bits per heavy atom. The van der Waals surface area contributed by atoms with Gasteiger partial charge in [0, 0.05) is 11.8 Å². The quantitative estimate of drug-likeness (QED) is 0.772. The van der Waals surface area contributed by atoms with E-state index in [0.29, 0.717) is 6.04 Å². The fourth-order valence-electron chi connectivity index (χ4n) is 2.14. The summed E-state index contributed by atoms with van der Waals surface area (Å²) in [7, 11) is 0. The third-order valence-corrected chi connectivity index (χ3v) is 2.94. The number of furan rings is 1. The van der Waals surface area contributed by atoms with Crippen LogP contribution in [0.3, 0.4) is 0 Å². The number of rotatable bonds is 1. The maximum absolute atomic E-state index is 5.78. The van der Waals surface area contributed by atoms with Gasteiger partial charge in [0.05, 0.1) is 6.04 Å². The molecule has 1 aliphatic heterocycles. The Morgan fingerprint density at radius 3 is 3.20 bits per heavy atom. The summed E-state index contributed by atoms with van der Waals surface area (Å²) in [5.41, 5.74) is 2.90. The minimum Gasteiger partial charge on any atom is -0.458 e. The molecule has 0 saturated carbocycles. The molecule has 3 heterocycles. The Morgan fingerprint density at radius 2 is 2.40 bits per heavy atom. The Labute approximate surface area is 88.5 Å². The maximum Gasteiger partial charge on any atom is 0.152 e. The molecule has 2 aromatic rings. The number of aryl methyl sites for hydroxylation is 1. The van der Waals surface area contributed by atoms with Gasteiger partial charge in [-0.3, -0.25) is 0 Å². The summed E-state index contributed by atoms with van der Waals surface area (Å²) in [5, 5.41) is 3.43. The lowest BCUT2D eigenvalue weighted by Gasteiger charge is -2.04. The van der Waals surface area contributed by atoms with Gasteiger partial charge in [0.25, 0.3) is 0 Å². The lowest BCUT2D eigenvalue weighted by molar-refractivity contribution is 0.471. The number of nitrogens with one attached hydrogen (secondary N) is 1. The van der Waals surface area contributed by atoms with E-state index in [9.17, 15) is 0 Å². The van der Waals surface area contributed by atoms with Crippen molar-refractivity contribution in [2.75, 3.05) is 6.54 Å². The van der Waals surface area contributed by atoms with Gasteiger partial charge in [-0.2, -0.15) is 0 Å². The van der Waals surface area contributed by atoms with Gasteiger partial charge in [0.15, 0.2) is 5.58 Å². The third-order valence-electron chi connectivity index (χ3n) is 2.94. The largest absolute Gasteiger partial charge is 0.458 e. The van der Waals surface area contributed by atoms with Crippen molar-refractivity contribution in [3.63, 3.8) is 0 Å². The van der Waals surface area contributed by atoms with Gasteiger partial charge in [-0.25, -0.2) is 4.98 Å². The number of aromatic nitrogens is 1. The van der Waals surface area contributed by atoms with Crippen LogP contribution in [0.1, 0.15) is 30.3 Å². The van der Waals surface area contributed by atoms with Gasteiger partial charge in [-0.15, -0.1) is 0 Å². The molecular weight excluding hydrogens is 188 g/mol. The zero-order valence-corrected chi connectivity index (χ0v) is 8.79. The fraction of sp³-hybridized carbons (Fsp3) is 0.417. The van der Waals surface area contributed by atoms with Gasteiger partial charge in [-0.1, -0.05) is 0 Å². The monoisotopic (exact) mass is 202 g/mol. The Bertz CT molecular complexity index is 483. The van der Waals surface area contributed by atoms with Crippen LogP contribution >= 0.6 is 0 Å². The summed E-state index contributed by atoms with van der Waals surface area (Å²) >= 11 is 0. The lowest BCUT2D eigenvalue weighted by atomic mass is 10.2. The second-order valence-electron chi connectivity index (χ2n) is 4.13. The molecule has 1 N–H and O–H groups in total. The molecule has 0 spiro atoms. The SMILES string of the molecule is Cc1ccc2oc([C@@H]3CCCN3)cc2n1. The topological polar surface area (TPSA) is 38.1 Å². The number of hydrogen-bond donors (Lipinski definition) is 1.